The first kappa shape index (κ1) is 17.5. The van der Waals surface area contributed by atoms with E-state index in [1.165, 1.54) is 0 Å². The molecule has 1 heterocycles. The lowest BCUT2D eigenvalue weighted by atomic mass is 9.92. The van der Waals surface area contributed by atoms with E-state index in [1.54, 1.807) is 0 Å². The van der Waals surface area contributed by atoms with Crippen molar-refractivity contribution in [1.82, 2.24) is 9.78 Å². The van der Waals surface area contributed by atoms with Crippen molar-refractivity contribution in [2.75, 3.05) is 6.61 Å². The summed E-state index contributed by atoms with van der Waals surface area (Å²) in [5.74, 6) is 0. The van der Waals surface area contributed by atoms with Crippen LogP contribution in [0.4, 0.5) is 0 Å². The SMILES string of the molecule is CCOC(C)(CC)C(O)Cc1c(Cl)c(CC)nn1CC. The summed E-state index contributed by atoms with van der Waals surface area (Å²) in [7, 11) is 0. The van der Waals surface area contributed by atoms with Gasteiger partial charge >= 0.3 is 0 Å². The number of ether oxygens (including phenoxy) is 1. The molecule has 5 heteroatoms. The zero-order valence-electron chi connectivity index (χ0n) is 13.2. The molecular formula is C15H27ClN2O2. The van der Waals surface area contributed by atoms with Crippen molar-refractivity contribution in [2.45, 2.75) is 72.1 Å². The molecular weight excluding hydrogens is 276 g/mol. The number of aryl methyl sites for hydroxylation is 2. The van der Waals surface area contributed by atoms with Crippen LogP contribution >= 0.6 is 11.6 Å². The van der Waals surface area contributed by atoms with E-state index in [-0.39, 0.29) is 0 Å². The Labute approximate surface area is 127 Å². The van der Waals surface area contributed by atoms with Gasteiger partial charge in [-0.3, -0.25) is 4.68 Å². The Kier molecular flexibility index (Phi) is 6.49. The van der Waals surface area contributed by atoms with Gasteiger partial charge in [-0.2, -0.15) is 5.10 Å². The highest BCUT2D eigenvalue weighted by molar-refractivity contribution is 6.31. The fourth-order valence-electron chi connectivity index (χ4n) is 2.37. The van der Waals surface area contributed by atoms with Gasteiger partial charge in [-0.25, -0.2) is 0 Å². The third-order valence-corrected chi connectivity index (χ3v) is 4.40. The van der Waals surface area contributed by atoms with E-state index in [2.05, 4.69) is 5.10 Å². The zero-order chi connectivity index (χ0) is 15.3. The van der Waals surface area contributed by atoms with Crippen molar-refractivity contribution in [3.05, 3.63) is 16.4 Å². The number of hydrogen-bond donors (Lipinski definition) is 1. The molecule has 0 saturated carbocycles. The van der Waals surface area contributed by atoms with Crippen molar-refractivity contribution in [2.24, 2.45) is 0 Å². The molecule has 0 aliphatic rings. The molecule has 4 nitrogen and oxygen atoms in total. The second kappa shape index (κ2) is 7.43. The average Bonchev–Trinajstić information content (AvgIpc) is 2.75. The Bertz CT molecular complexity index is 434. The minimum Gasteiger partial charge on any atom is -0.390 e. The van der Waals surface area contributed by atoms with Gasteiger partial charge in [0, 0.05) is 19.6 Å². The molecule has 1 N–H and O–H groups in total. The van der Waals surface area contributed by atoms with Gasteiger partial charge in [0.2, 0.25) is 0 Å². The highest BCUT2D eigenvalue weighted by atomic mass is 35.5. The summed E-state index contributed by atoms with van der Waals surface area (Å²) in [6.45, 7) is 11.3. The fraction of sp³-hybridized carbons (Fsp3) is 0.800. The number of aliphatic hydroxyl groups is 1. The van der Waals surface area contributed by atoms with Crippen molar-refractivity contribution < 1.29 is 9.84 Å². The van der Waals surface area contributed by atoms with Crippen LogP contribution in [-0.4, -0.2) is 33.2 Å². The lowest BCUT2D eigenvalue weighted by molar-refractivity contribution is -0.110. The first-order valence-corrected chi connectivity index (χ1v) is 7.87. The predicted octanol–water partition coefficient (Wildman–Crippen LogP) is 3.23. The van der Waals surface area contributed by atoms with Gasteiger partial charge in [-0.05, 0) is 33.6 Å². The first-order valence-electron chi connectivity index (χ1n) is 7.49. The lowest BCUT2D eigenvalue weighted by Crippen LogP contribution is -2.43. The number of nitrogens with zero attached hydrogens (tertiary/aromatic N) is 2. The van der Waals surface area contributed by atoms with Crippen LogP contribution in [0.5, 0.6) is 0 Å². The molecule has 1 aromatic rings. The molecule has 2 unspecified atom stereocenters. The molecule has 0 radical (unpaired) electrons. The van der Waals surface area contributed by atoms with Crippen molar-refractivity contribution >= 4 is 11.6 Å². The Morgan fingerprint density at radius 2 is 2.00 bits per heavy atom. The molecule has 2 atom stereocenters. The van der Waals surface area contributed by atoms with Gasteiger partial charge in [0.1, 0.15) is 0 Å². The molecule has 0 aliphatic carbocycles. The Hall–Kier alpha value is -0.580. The maximum Gasteiger partial charge on any atom is 0.0913 e. The van der Waals surface area contributed by atoms with Crippen LogP contribution in [0.2, 0.25) is 5.02 Å². The van der Waals surface area contributed by atoms with Gasteiger partial charge in [-0.15, -0.1) is 0 Å². The normalized spacial score (nSPS) is 16.1. The average molecular weight is 303 g/mol. The molecule has 0 fully saturated rings. The molecule has 0 amide bonds. The molecule has 0 aromatic carbocycles. The van der Waals surface area contributed by atoms with E-state index in [4.69, 9.17) is 16.3 Å². The predicted molar refractivity (Wildman–Crippen MR) is 82.3 cm³/mol. The van der Waals surface area contributed by atoms with E-state index in [1.807, 2.05) is 39.3 Å². The monoisotopic (exact) mass is 302 g/mol. The molecule has 1 aromatic heterocycles. The Morgan fingerprint density at radius 3 is 2.45 bits per heavy atom. The van der Waals surface area contributed by atoms with Gasteiger partial charge in [0.05, 0.1) is 28.1 Å². The van der Waals surface area contributed by atoms with E-state index >= 15 is 0 Å². The summed E-state index contributed by atoms with van der Waals surface area (Å²) in [4.78, 5) is 0. The quantitative estimate of drug-likeness (QED) is 0.802. The largest absolute Gasteiger partial charge is 0.390 e. The van der Waals surface area contributed by atoms with Crippen molar-refractivity contribution in [3.8, 4) is 0 Å². The molecule has 0 saturated heterocycles. The smallest absolute Gasteiger partial charge is 0.0913 e. The van der Waals surface area contributed by atoms with Gasteiger partial charge in [0.15, 0.2) is 0 Å². The summed E-state index contributed by atoms with van der Waals surface area (Å²) >= 11 is 6.39. The molecule has 0 aliphatic heterocycles. The van der Waals surface area contributed by atoms with Crippen molar-refractivity contribution in [3.63, 3.8) is 0 Å². The minimum atomic E-state index is -0.600. The van der Waals surface area contributed by atoms with Gasteiger partial charge in [0.25, 0.3) is 0 Å². The van der Waals surface area contributed by atoms with Crippen LogP contribution in [0.3, 0.4) is 0 Å². The first-order chi connectivity index (χ1) is 9.43. The molecule has 0 spiro atoms. The molecule has 116 valence electrons. The highest BCUT2D eigenvalue weighted by Gasteiger charge is 2.33. The number of aliphatic hydroxyl groups excluding tert-OH is 1. The third kappa shape index (κ3) is 3.54. The van der Waals surface area contributed by atoms with Crippen LogP contribution in [-0.2, 0) is 24.1 Å². The summed E-state index contributed by atoms with van der Waals surface area (Å²) in [6, 6.07) is 0. The third-order valence-electron chi connectivity index (χ3n) is 3.96. The molecule has 0 bridgehead atoms. The second-order valence-corrected chi connectivity index (χ2v) is 5.57. The zero-order valence-corrected chi connectivity index (χ0v) is 14.0. The molecule has 1 rings (SSSR count). The van der Waals surface area contributed by atoms with Crippen LogP contribution in [0.15, 0.2) is 0 Å². The van der Waals surface area contributed by atoms with Crippen LogP contribution in [0, 0.1) is 0 Å². The fourth-order valence-corrected chi connectivity index (χ4v) is 2.72. The number of halogens is 1. The lowest BCUT2D eigenvalue weighted by Gasteiger charge is -2.33. The summed E-state index contributed by atoms with van der Waals surface area (Å²) in [6.07, 6.45) is 1.41. The van der Waals surface area contributed by atoms with Crippen LogP contribution in [0.25, 0.3) is 0 Å². The number of hydrogen-bond acceptors (Lipinski definition) is 3. The second-order valence-electron chi connectivity index (χ2n) is 5.20. The van der Waals surface area contributed by atoms with E-state index in [0.717, 1.165) is 30.8 Å². The summed E-state index contributed by atoms with van der Waals surface area (Å²) in [5.41, 5.74) is 1.25. The topological polar surface area (TPSA) is 47.3 Å². The van der Waals surface area contributed by atoms with Crippen LogP contribution < -0.4 is 0 Å². The number of rotatable bonds is 8. The maximum absolute atomic E-state index is 10.6. The summed E-state index contributed by atoms with van der Waals surface area (Å²) < 4.78 is 7.62. The minimum absolute atomic E-state index is 0.462. The van der Waals surface area contributed by atoms with E-state index in [9.17, 15) is 5.11 Å². The highest BCUT2D eigenvalue weighted by Crippen LogP contribution is 2.28. The standard InChI is InChI=1S/C15H27ClN2O2/c1-6-11-14(16)12(18(8-3)17-11)10-13(19)15(5,7-2)20-9-4/h13,19H,6-10H2,1-5H3. The Morgan fingerprint density at radius 1 is 1.35 bits per heavy atom. The summed E-state index contributed by atoms with van der Waals surface area (Å²) in [5, 5.41) is 15.7. The van der Waals surface area contributed by atoms with Gasteiger partial charge < -0.3 is 9.84 Å². The van der Waals surface area contributed by atoms with E-state index in [0.29, 0.717) is 18.1 Å². The van der Waals surface area contributed by atoms with Gasteiger partial charge in [-0.1, -0.05) is 25.4 Å². The van der Waals surface area contributed by atoms with Crippen LogP contribution in [0.1, 0.15) is 52.4 Å². The molecule has 20 heavy (non-hydrogen) atoms. The number of aromatic nitrogens is 2. The van der Waals surface area contributed by atoms with E-state index < -0.39 is 11.7 Å². The van der Waals surface area contributed by atoms with Crippen molar-refractivity contribution in [1.29, 1.82) is 0 Å². The Balaban J connectivity index is 3.00. The maximum atomic E-state index is 10.6.